The molecule has 0 amide bonds. The number of nitrogens with one attached hydrogen (secondary N) is 1. The molecule has 0 saturated heterocycles. The van der Waals surface area contributed by atoms with Gasteiger partial charge >= 0.3 is 5.97 Å². The third-order valence-corrected chi connectivity index (χ3v) is 5.69. The number of ether oxygens (including phenoxy) is 1. The van der Waals surface area contributed by atoms with E-state index >= 15 is 0 Å². The van der Waals surface area contributed by atoms with Gasteiger partial charge in [-0.25, -0.2) is 0 Å². The number of hydrogen-bond acceptors (Lipinski definition) is 6. The Morgan fingerprint density at radius 2 is 2.31 bits per heavy atom. The van der Waals surface area contributed by atoms with Crippen LogP contribution in [0.4, 0.5) is 5.69 Å². The summed E-state index contributed by atoms with van der Waals surface area (Å²) >= 11 is 7.32. The van der Waals surface area contributed by atoms with Crippen molar-refractivity contribution in [2.45, 2.75) is 25.7 Å². The number of thiophene rings is 1. The number of carbonyl (C=O) groups is 1. The summed E-state index contributed by atoms with van der Waals surface area (Å²) in [6.07, 6.45) is 2.89. The fourth-order valence-corrected chi connectivity index (χ4v) is 4.18. The maximum Gasteiger partial charge on any atom is 0.320 e. The van der Waals surface area contributed by atoms with Crippen molar-refractivity contribution in [2.24, 2.45) is 0 Å². The topological polar surface area (TPSA) is 64.4 Å². The average Bonchev–Trinajstić information content (AvgIpc) is 3.35. The van der Waals surface area contributed by atoms with E-state index in [0.29, 0.717) is 16.5 Å². The summed E-state index contributed by atoms with van der Waals surface area (Å²) in [6, 6.07) is 9.68. The van der Waals surface area contributed by atoms with Crippen molar-refractivity contribution in [2.75, 3.05) is 11.9 Å². The summed E-state index contributed by atoms with van der Waals surface area (Å²) in [4.78, 5) is 17.6. The monoisotopic (exact) mass is 388 g/mol. The van der Waals surface area contributed by atoms with E-state index in [4.69, 9.17) is 20.8 Å². The molecule has 0 saturated carbocycles. The number of oxazole rings is 1. The van der Waals surface area contributed by atoms with Crippen LogP contribution in [0.1, 0.15) is 30.4 Å². The lowest BCUT2D eigenvalue weighted by atomic mass is 9.94. The molecule has 1 atom stereocenters. The van der Waals surface area contributed by atoms with Gasteiger partial charge in [-0.15, -0.1) is 11.3 Å². The van der Waals surface area contributed by atoms with E-state index in [1.807, 2.05) is 25.1 Å². The van der Waals surface area contributed by atoms with Crippen LogP contribution in [0.2, 0.25) is 4.34 Å². The third kappa shape index (κ3) is 3.22. The maximum atomic E-state index is 12.8. The molecular weight excluding hydrogens is 372 g/mol. The molecule has 4 rings (SSSR count). The van der Waals surface area contributed by atoms with E-state index in [1.165, 1.54) is 23.3 Å². The number of anilines is 1. The molecule has 3 heterocycles. The third-order valence-electron chi connectivity index (χ3n) is 4.46. The second-order valence-electron chi connectivity index (χ2n) is 6.07. The normalized spacial score (nSPS) is 13.9. The fourth-order valence-electron chi connectivity index (χ4n) is 3.15. The molecule has 1 aromatic carbocycles. The first-order valence-electron chi connectivity index (χ1n) is 8.43. The zero-order valence-corrected chi connectivity index (χ0v) is 15.7. The molecule has 1 N–H and O–H groups in total. The average molecular weight is 389 g/mol. The lowest BCUT2D eigenvalue weighted by molar-refractivity contribution is -0.136. The van der Waals surface area contributed by atoms with Gasteiger partial charge in [-0.3, -0.25) is 4.79 Å². The Morgan fingerprint density at radius 3 is 3.08 bits per heavy atom. The lowest BCUT2D eigenvalue weighted by Crippen LogP contribution is -2.19. The molecule has 0 radical (unpaired) electrons. The van der Waals surface area contributed by atoms with Crippen molar-refractivity contribution in [1.29, 1.82) is 0 Å². The Bertz CT molecular complexity index is 950. The highest BCUT2D eigenvalue weighted by Crippen LogP contribution is 2.37. The molecule has 26 heavy (non-hydrogen) atoms. The number of benzene rings is 1. The zero-order chi connectivity index (χ0) is 18.1. The molecule has 7 heteroatoms. The lowest BCUT2D eigenvalue weighted by Gasteiger charge is -2.15. The SMILES string of the molecule is CCC(C(=O)Oc1ncoc1-c1ccc(Cl)s1)c1ccc2c(c1)CCN2. The molecular formula is C19H17ClN2O3S. The predicted octanol–water partition coefficient (Wildman–Crippen LogP) is 5.12. The summed E-state index contributed by atoms with van der Waals surface area (Å²) in [5, 5.41) is 3.33. The Balaban J connectivity index is 1.57. The van der Waals surface area contributed by atoms with Crippen LogP contribution in [-0.4, -0.2) is 17.5 Å². The van der Waals surface area contributed by atoms with Gasteiger partial charge in [0.05, 0.1) is 15.1 Å². The second-order valence-corrected chi connectivity index (χ2v) is 7.78. The zero-order valence-electron chi connectivity index (χ0n) is 14.1. The standard InChI is InChI=1S/C19H17ClN2O3S/c1-2-13(11-3-4-14-12(9-11)7-8-21-14)19(23)25-18-17(24-10-22-18)15-5-6-16(20)26-15/h3-6,9-10,13,21H,2,7-8H2,1H3. The van der Waals surface area contributed by atoms with Gasteiger partial charge in [0.15, 0.2) is 6.39 Å². The van der Waals surface area contributed by atoms with Crippen LogP contribution < -0.4 is 10.1 Å². The fraction of sp³-hybridized carbons (Fsp3) is 0.263. The summed E-state index contributed by atoms with van der Waals surface area (Å²) in [6.45, 7) is 2.91. The Hall–Kier alpha value is -2.31. The number of fused-ring (bicyclic) bond motifs is 1. The van der Waals surface area contributed by atoms with Crippen molar-refractivity contribution in [3.63, 3.8) is 0 Å². The molecule has 134 valence electrons. The van der Waals surface area contributed by atoms with Crippen LogP contribution in [0.25, 0.3) is 10.6 Å². The van der Waals surface area contributed by atoms with Gasteiger partial charge in [0.25, 0.3) is 5.88 Å². The minimum absolute atomic E-state index is 0.176. The quantitative estimate of drug-likeness (QED) is 0.614. The number of carbonyl (C=O) groups excluding carboxylic acids is 1. The van der Waals surface area contributed by atoms with Gasteiger partial charge in [-0.2, -0.15) is 4.98 Å². The summed E-state index contributed by atoms with van der Waals surface area (Å²) in [5.41, 5.74) is 3.35. The highest BCUT2D eigenvalue weighted by Gasteiger charge is 2.25. The van der Waals surface area contributed by atoms with Crippen LogP contribution in [0, 0.1) is 0 Å². The van der Waals surface area contributed by atoms with Gasteiger partial charge in [-0.05, 0) is 42.2 Å². The highest BCUT2D eigenvalue weighted by molar-refractivity contribution is 7.19. The molecule has 1 aliphatic rings. The molecule has 1 unspecified atom stereocenters. The summed E-state index contributed by atoms with van der Waals surface area (Å²) in [5.74, 6) is -0.0911. The second kappa shape index (κ2) is 7.13. The predicted molar refractivity (Wildman–Crippen MR) is 102 cm³/mol. The number of nitrogens with zero attached hydrogens (tertiary/aromatic N) is 1. The number of hydrogen-bond donors (Lipinski definition) is 1. The first-order valence-corrected chi connectivity index (χ1v) is 9.62. The van der Waals surface area contributed by atoms with Crippen molar-refractivity contribution >= 4 is 34.6 Å². The molecule has 0 aliphatic carbocycles. The number of esters is 1. The van der Waals surface area contributed by atoms with Crippen molar-refractivity contribution in [1.82, 2.24) is 4.98 Å². The number of aromatic nitrogens is 1. The molecule has 0 fully saturated rings. The van der Waals surface area contributed by atoms with E-state index in [0.717, 1.165) is 29.1 Å². The first kappa shape index (κ1) is 17.1. The Labute approximate surface area is 160 Å². The van der Waals surface area contributed by atoms with Gasteiger partial charge in [0.1, 0.15) is 0 Å². The van der Waals surface area contributed by atoms with Crippen LogP contribution in [0.3, 0.4) is 0 Å². The van der Waals surface area contributed by atoms with E-state index < -0.39 is 0 Å². The minimum atomic E-state index is -0.350. The smallest absolute Gasteiger partial charge is 0.320 e. The van der Waals surface area contributed by atoms with E-state index in [9.17, 15) is 4.79 Å². The van der Waals surface area contributed by atoms with Gasteiger partial charge in [0, 0.05) is 12.2 Å². The van der Waals surface area contributed by atoms with Crippen LogP contribution in [0.5, 0.6) is 5.88 Å². The van der Waals surface area contributed by atoms with E-state index in [1.54, 1.807) is 6.07 Å². The molecule has 2 aromatic heterocycles. The van der Waals surface area contributed by atoms with Crippen LogP contribution in [-0.2, 0) is 11.2 Å². The van der Waals surface area contributed by atoms with Crippen molar-refractivity contribution in [3.8, 4) is 16.5 Å². The van der Waals surface area contributed by atoms with Gasteiger partial charge in [0.2, 0.25) is 5.76 Å². The van der Waals surface area contributed by atoms with Gasteiger partial charge in [-0.1, -0.05) is 30.7 Å². The highest BCUT2D eigenvalue weighted by atomic mass is 35.5. The minimum Gasteiger partial charge on any atom is -0.438 e. The molecule has 3 aromatic rings. The van der Waals surface area contributed by atoms with Crippen LogP contribution in [0.15, 0.2) is 41.1 Å². The largest absolute Gasteiger partial charge is 0.438 e. The van der Waals surface area contributed by atoms with Gasteiger partial charge < -0.3 is 14.5 Å². The van der Waals surface area contributed by atoms with E-state index in [-0.39, 0.29) is 17.8 Å². The van der Waals surface area contributed by atoms with Crippen molar-refractivity contribution < 1.29 is 13.9 Å². The molecule has 0 spiro atoms. The maximum absolute atomic E-state index is 12.8. The van der Waals surface area contributed by atoms with Crippen molar-refractivity contribution in [3.05, 3.63) is 52.2 Å². The number of halogens is 1. The number of rotatable bonds is 5. The van der Waals surface area contributed by atoms with Crippen LogP contribution >= 0.6 is 22.9 Å². The Morgan fingerprint density at radius 1 is 1.42 bits per heavy atom. The Kier molecular flexibility index (Phi) is 4.70. The summed E-state index contributed by atoms with van der Waals surface area (Å²) in [7, 11) is 0. The molecule has 5 nitrogen and oxygen atoms in total. The van der Waals surface area contributed by atoms with E-state index in [2.05, 4.69) is 16.4 Å². The first-order chi connectivity index (χ1) is 12.7. The summed E-state index contributed by atoms with van der Waals surface area (Å²) < 4.78 is 11.6. The molecule has 1 aliphatic heterocycles. The molecule has 0 bridgehead atoms.